The molecule has 2 atom stereocenters. The van der Waals surface area contributed by atoms with Crippen molar-refractivity contribution in [2.24, 2.45) is 0 Å². The van der Waals surface area contributed by atoms with E-state index in [9.17, 15) is 14.7 Å². The Bertz CT molecular complexity index is 1030. The molecule has 0 saturated heterocycles. The first-order chi connectivity index (χ1) is 14.1. The maximum atomic E-state index is 13.4. The summed E-state index contributed by atoms with van der Waals surface area (Å²) < 4.78 is 5.23. The highest BCUT2D eigenvalue weighted by Gasteiger charge is 2.44. The number of carbonyl (C=O) groups excluding carboxylic acids is 1. The monoisotopic (exact) mass is 387 g/mol. The summed E-state index contributed by atoms with van der Waals surface area (Å²) in [5, 5.41) is 10.1. The van der Waals surface area contributed by atoms with E-state index in [0.29, 0.717) is 23.4 Å². The lowest BCUT2D eigenvalue weighted by Crippen LogP contribution is -2.44. The molecule has 3 aromatic rings. The van der Waals surface area contributed by atoms with Crippen LogP contribution in [0.25, 0.3) is 0 Å². The smallest absolute Gasteiger partial charge is 0.313 e. The second kappa shape index (κ2) is 7.80. The second-order valence-corrected chi connectivity index (χ2v) is 7.04. The number of hydrogen-bond acceptors (Lipinski definition) is 3. The number of carbonyl (C=O) groups is 2. The predicted molar refractivity (Wildman–Crippen MR) is 109 cm³/mol. The van der Waals surface area contributed by atoms with Crippen molar-refractivity contribution in [3.8, 4) is 5.75 Å². The Kier molecular flexibility index (Phi) is 5.04. The summed E-state index contributed by atoms with van der Waals surface area (Å²) in [6, 6.07) is 23.2. The van der Waals surface area contributed by atoms with E-state index in [0.717, 1.165) is 11.1 Å². The standard InChI is InChI=1S/C24H21NO4/c1-29-18-13-11-17(12-14-18)22-21(24(27)28)19-9-5-6-10-20(19)23(26)25(22)15-16-7-3-2-4-8-16/h2-14,21-22H,15H2,1H3,(H,27,28)/t21-,22?/m1/s1. The predicted octanol–water partition coefficient (Wildman–Crippen LogP) is 4.26. The number of amides is 1. The average Bonchev–Trinajstić information content (AvgIpc) is 2.76. The first-order valence-corrected chi connectivity index (χ1v) is 9.40. The number of rotatable bonds is 5. The first kappa shape index (κ1) is 18.7. The number of nitrogens with zero attached hydrogens (tertiary/aromatic N) is 1. The molecular weight excluding hydrogens is 366 g/mol. The van der Waals surface area contributed by atoms with Crippen LogP contribution in [0.2, 0.25) is 0 Å². The Morgan fingerprint density at radius 3 is 2.28 bits per heavy atom. The highest BCUT2D eigenvalue weighted by Crippen LogP contribution is 2.43. The number of carboxylic acids is 1. The highest BCUT2D eigenvalue weighted by atomic mass is 16.5. The Balaban J connectivity index is 1.87. The third kappa shape index (κ3) is 3.47. The number of carboxylic acid groups (broad SMARTS) is 1. The Morgan fingerprint density at radius 1 is 0.966 bits per heavy atom. The van der Waals surface area contributed by atoms with E-state index in [1.165, 1.54) is 0 Å². The Labute approximate surface area is 169 Å². The zero-order chi connectivity index (χ0) is 20.4. The van der Waals surface area contributed by atoms with Gasteiger partial charge in [0.15, 0.2) is 0 Å². The Morgan fingerprint density at radius 2 is 1.62 bits per heavy atom. The average molecular weight is 387 g/mol. The van der Waals surface area contributed by atoms with Gasteiger partial charge in [0, 0.05) is 12.1 Å². The van der Waals surface area contributed by atoms with Crippen molar-refractivity contribution in [3.63, 3.8) is 0 Å². The molecule has 0 fully saturated rings. The van der Waals surface area contributed by atoms with Gasteiger partial charge in [-0.1, -0.05) is 60.7 Å². The molecule has 0 saturated carbocycles. The third-order valence-electron chi connectivity index (χ3n) is 5.36. The minimum absolute atomic E-state index is 0.164. The molecule has 0 aliphatic carbocycles. The van der Waals surface area contributed by atoms with Gasteiger partial charge in [0.1, 0.15) is 11.7 Å². The summed E-state index contributed by atoms with van der Waals surface area (Å²) in [4.78, 5) is 27.4. The van der Waals surface area contributed by atoms with Crippen molar-refractivity contribution < 1.29 is 19.4 Å². The first-order valence-electron chi connectivity index (χ1n) is 9.40. The lowest BCUT2D eigenvalue weighted by Gasteiger charge is -2.41. The summed E-state index contributed by atoms with van der Waals surface area (Å²) in [6.45, 7) is 0.328. The molecule has 4 rings (SSSR count). The molecule has 1 N–H and O–H groups in total. The van der Waals surface area contributed by atoms with Crippen LogP contribution in [-0.4, -0.2) is 29.0 Å². The van der Waals surface area contributed by atoms with Crippen LogP contribution in [0.1, 0.15) is 39.0 Å². The summed E-state index contributed by atoms with van der Waals surface area (Å²) >= 11 is 0. The van der Waals surface area contributed by atoms with E-state index < -0.39 is 17.9 Å². The second-order valence-electron chi connectivity index (χ2n) is 7.04. The van der Waals surface area contributed by atoms with Crippen molar-refractivity contribution in [1.82, 2.24) is 4.90 Å². The molecule has 1 aliphatic heterocycles. The lowest BCUT2D eigenvalue weighted by atomic mass is 9.79. The van der Waals surface area contributed by atoms with Crippen molar-refractivity contribution in [2.75, 3.05) is 7.11 Å². The lowest BCUT2D eigenvalue weighted by molar-refractivity contribution is -0.140. The number of methoxy groups -OCH3 is 1. The number of hydrogen-bond donors (Lipinski definition) is 1. The van der Waals surface area contributed by atoms with Gasteiger partial charge in [-0.25, -0.2) is 0 Å². The van der Waals surface area contributed by atoms with Crippen LogP contribution in [0.4, 0.5) is 0 Å². The normalized spacial score (nSPS) is 18.2. The van der Waals surface area contributed by atoms with Crippen LogP contribution in [0.15, 0.2) is 78.9 Å². The number of ether oxygens (including phenoxy) is 1. The van der Waals surface area contributed by atoms with Gasteiger partial charge in [0.2, 0.25) is 0 Å². The van der Waals surface area contributed by atoms with Gasteiger partial charge < -0.3 is 14.7 Å². The molecule has 5 nitrogen and oxygen atoms in total. The molecule has 5 heteroatoms. The maximum Gasteiger partial charge on any atom is 0.313 e. The SMILES string of the molecule is COc1ccc(C2[C@H](C(=O)O)c3ccccc3C(=O)N2Cc2ccccc2)cc1. The van der Waals surface area contributed by atoms with E-state index in [4.69, 9.17) is 4.74 Å². The van der Waals surface area contributed by atoms with E-state index >= 15 is 0 Å². The fraction of sp³-hybridized carbons (Fsp3) is 0.167. The molecule has 1 heterocycles. The molecule has 1 amide bonds. The van der Waals surface area contributed by atoms with E-state index in [2.05, 4.69) is 0 Å². The summed E-state index contributed by atoms with van der Waals surface area (Å²) in [5.41, 5.74) is 2.70. The zero-order valence-electron chi connectivity index (χ0n) is 16.0. The topological polar surface area (TPSA) is 66.8 Å². The van der Waals surface area contributed by atoms with E-state index in [-0.39, 0.29) is 5.91 Å². The molecule has 1 unspecified atom stereocenters. The number of fused-ring (bicyclic) bond motifs is 1. The molecule has 1 aliphatic rings. The molecule has 146 valence electrons. The molecule has 0 bridgehead atoms. The van der Waals surface area contributed by atoms with Crippen molar-refractivity contribution in [3.05, 3.63) is 101 Å². The van der Waals surface area contributed by atoms with Crippen LogP contribution in [0, 0.1) is 0 Å². The minimum atomic E-state index is -0.955. The van der Waals surface area contributed by atoms with Crippen LogP contribution in [-0.2, 0) is 11.3 Å². The van der Waals surface area contributed by atoms with Crippen LogP contribution in [0.5, 0.6) is 5.75 Å². The fourth-order valence-electron chi connectivity index (χ4n) is 3.99. The zero-order valence-corrected chi connectivity index (χ0v) is 16.0. The van der Waals surface area contributed by atoms with E-state index in [1.54, 1.807) is 48.4 Å². The highest BCUT2D eigenvalue weighted by molar-refractivity contribution is 6.00. The molecule has 0 radical (unpaired) electrons. The maximum absolute atomic E-state index is 13.4. The van der Waals surface area contributed by atoms with Gasteiger partial charge in [-0.05, 0) is 34.9 Å². The van der Waals surface area contributed by atoms with Crippen LogP contribution >= 0.6 is 0 Å². The summed E-state index contributed by atoms with van der Waals surface area (Å²) in [5.74, 6) is -1.30. The minimum Gasteiger partial charge on any atom is -0.497 e. The Hall–Kier alpha value is -3.60. The molecule has 0 aromatic heterocycles. The van der Waals surface area contributed by atoms with Crippen molar-refractivity contribution in [1.29, 1.82) is 0 Å². The quantitative estimate of drug-likeness (QED) is 0.710. The number of benzene rings is 3. The molecule has 29 heavy (non-hydrogen) atoms. The van der Waals surface area contributed by atoms with Crippen molar-refractivity contribution in [2.45, 2.75) is 18.5 Å². The molecule has 0 spiro atoms. The van der Waals surface area contributed by atoms with Crippen LogP contribution in [0.3, 0.4) is 0 Å². The number of aliphatic carboxylic acids is 1. The van der Waals surface area contributed by atoms with Gasteiger partial charge in [0.05, 0.1) is 13.2 Å². The van der Waals surface area contributed by atoms with Crippen LogP contribution < -0.4 is 4.74 Å². The van der Waals surface area contributed by atoms with Gasteiger partial charge in [-0.15, -0.1) is 0 Å². The fourth-order valence-corrected chi connectivity index (χ4v) is 3.99. The summed E-state index contributed by atoms with van der Waals surface area (Å²) in [7, 11) is 1.58. The van der Waals surface area contributed by atoms with E-state index in [1.807, 2.05) is 42.5 Å². The van der Waals surface area contributed by atoms with Gasteiger partial charge in [-0.3, -0.25) is 9.59 Å². The van der Waals surface area contributed by atoms with Crippen molar-refractivity contribution >= 4 is 11.9 Å². The molecular formula is C24H21NO4. The molecule has 3 aromatic carbocycles. The van der Waals surface area contributed by atoms with Gasteiger partial charge in [-0.2, -0.15) is 0 Å². The third-order valence-corrected chi connectivity index (χ3v) is 5.36. The summed E-state index contributed by atoms with van der Waals surface area (Å²) in [6.07, 6.45) is 0. The van der Waals surface area contributed by atoms with Gasteiger partial charge in [0.25, 0.3) is 5.91 Å². The van der Waals surface area contributed by atoms with Gasteiger partial charge >= 0.3 is 5.97 Å². The largest absolute Gasteiger partial charge is 0.497 e.